The van der Waals surface area contributed by atoms with Crippen molar-refractivity contribution in [2.24, 2.45) is 0 Å². The van der Waals surface area contributed by atoms with E-state index in [2.05, 4.69) is 9.88 Å². The molecular formula is C16H20N2O4S. The molecule has 1 aromatic carbocycles. The zero-order valence-electron chi connectivity index (χ0n) is 13.0. The number of benzene rings is 1. The molecule has 0 amide bonds. The van der Waals surface area contributed by atoms with Gasteiger partial charge in [0.2, 0.25) is 5.89 Å². The SMILES string of the molecule is CS(=O)(=O)c1ccc(-c2nc(CN3CCC(O)CC3)co2)cc1. The van der Waals surface area contributed by atoms with Crippen molar-refractivity contribution in [2.45, 2.75) is 30.4 Å². The Labute approximate surface area is 135 Å². The molecule has 0 bridgehead atoms. The van der Waals surface area contributed by atoms with Crippen molar-refractivity contribution in [1.29, 1.82) is 0 Å². The van der Waals surface area contributed by atoms with Crippen LogP contribution in [0.25, 0.3) is 11.5 Å². The molecule has 124 valence electrons. The lowest BCUT2D eigenvalue weighted by atomic mass is 10.1. The molecule has 1 aliphatic rings. The molecule has 1 aliphatic heterocycles. The van der Waals surface area contributed by atoms with Gasteiger partial charge in [0.05, 0.1) is 16.7 Å². The fraction of sp³-hybridized carbons (Fsp3) is 0.438. The number of hydrogen-bond donors (Lipinski definition) is 1. The Hall–Kier alpha value is -1.70. The van der Waals surface area contributed by atoms with Crippen LogP contribution in [0.15, 0.2) is 39.8 Å². The van der Waals surface area contributed by atoms with Crippen molar-refractivity contribution in [3.05, 3.63) is 36.2 Å². The number of sulfone groups is 1. The monoisotopic (exact) mass is 336 g/mol. The maximum absolute atomic E-state index is 11.5. The lowest BCUT2D eigenvalue weighted by Gasteiger charge is -2.28. The largest absolute Gasteiger partial charge is 0.444 e. The summed E-state index contributed by atoms with van der Waals surface area (Å²) in [6.07, 6.45) is 4.20. The molecule has 1 saturated heterocycles. The molecule has 0 aliphatic carbocycles. The van der Waals surface area contributed by atoms with Gasteiger partial charge in [-0.3, -0.25) is 4.90 Å². The summed E-state index contributed by atoms with van der Waals surface area (Å²) in [6.45, 7) is 2.40. The Balaban J connectivity index is 1.69. The Morgan fingerprint density at radius 2 is 1.91 bits per heavy atom. The van der Waals surface area contributed by atoms with Crippen molar-refractivity contribution >= 4 is 9.84 Å². The normalized spacial score (nSPS) is 17.5. The average Bonchev–Trinajstić information content (AvgIpc) is 2.97. The summed E-state index contributed by atoms with van der Waals surface area (Å²) < 4.78 is 28.4. The highest BCUT2D eigenvalue weighted by atomic mass is 32.2. The molecule has 0 saturated carbocycles. The van der Waals surface area contributed by atoms with Gasteiger partial charge in [-0.2, -0.15) is 0 Å². The van der Waals surface area contributed by atoms with E-state index < -0.39 is 9.84 Å². The highest BCUT2D eigenvalue weighted by Crippen LogP contribution is 2.22. The van der Waals surface area contributed by atoms with Crippen LogP contribution >= 0.6 is 0 Å². The third kappa shape index (κ3) is 3.99. The van der Waals surface area contributed by atoms with Gasteiger partial charge in [-0.05, 0) is 37.1 Å². The Morgan fingerprint density at radius 3 is 2.52 bits per heavy atom. The number of oxazole rings is 1. The number of aliphatic hydroxyl groups is 1. The fourth-order valence-corrected chi connectivity index (χ4v) is 3.29. The first kappa shape index (κ1) is 16.2. The molecule has 7 heteroatoms. The summed E-state index contributed by atoms with van der Waals surface area (Å²) in [6, 6.07) is 6.51. The van der Waals surface area contributed by atoms with E-state index >= 15 is 0 Å². The van der Waals surface area contributed by atoms with Crippen molar-refractivity contribution < 1.29 is 17.9 Å². The number of likely N-dealkylation sites (tertiary alicyclic amines) is 1. The zero-order chi connectivity index (χ0) is 16.4. The lowest BCUT2D eigenvalue weighted by Crippen LogP contribution is -2.35. The van der Waals surface area contributed by atoms with Gasteiger partial charge in [-0.1, -0.05) is 0 Å². The van der Waals surface area contributed by atoms with E-state index in [-0.39, 0.29) is 11.0 Å². The minimum Gasteiger partial charge on any atom is -0.444 e. The number of nitrogens with zero attached hydrogens (tertiary/aromatic N) is 2. The summed E-state index contributed by atoms with van der Waals surface area (Å²) in [5.74, 6) is 0.483. The van der Waals surface area contributed by atoms with Crippen LogP contribution in [-0.4, -0.2) is 48.9 Å². The van der Waals surface area contributed by atoms with Gasteiger partial charge in [0, 0.05) is 31.5 Å². The Morgan fingerprint density at radius 1 is 1.26 bits per heavy atom. The molecule has 23 heavy (non-hydrogen) atoms. The topological polar surface area (TPSA) is 83.6 Å². The number of aromatic nitrogens is 1. The predicted octanol–water partition coefficient (Wildman–Crippen LogP) is 1.70. The van der Waals surface area contributed by atoms with Gasteiger partial charge in [0.25, 0.3) is 0 Å². The van der Waals surface area contributed by atoms with Crippen LogP contribution < -0.4 is 0 Å². The van der Waals surface area contributed by atoms with Crippen LogP contribution in [0.5, 0.6) is 0 Å². The van der Waals surface area contributed by atoms with Crippen molar-refractivity contribution in [2.75, 3.05) is 19.3 Å². The average molecular weight is 336 g/mol. The molecule has 1 fully saturated rings. The number of rotatable bonds is 4. The summed E-state index contributed by atoms with van der Waals surface area (Å²) in [5.41, 5.74) is 1.58. The van der Waals surface area contributed by atoms with Crippen molar-refractivity contribution in [3.63, 3.8) is 0 Å². The van der Waals surface area contributed by atoms with Crippen LogP contribution in [0.4, 0.5) is 0 Å². The minimum absolute atomic E-state index is 0.188. The molecular weight excluding hydrogens is 316 g/mol. The van der Waals surface area contributed by atoms with Gasteiger partial charge >= 0.3 is 0 Å². The van der Waals surface area contributed by atoms with E-state index in [9.17, 15) is 13.5 Å². The Bertz CT molecular complexity index is 760. The lowest BCUT2D eigenvalue weighted by molar-refractivity contribution is 0.0786. The van der Waals surface area contributed by atoms with Gasteiger partial charge in [-0.25, -0.2) is 13.4 Å². The zero-order valence-corrected chi connectivity index (χ0v) is 13.8. The maximum Gasteiger partial charge on any atom is 0.226 e. The first-order valence-corrected chi connectivity index (χ1v) is 9.46. The van der Waals surface area contributed by atoms with Gasteiger partial charge in [0.1, 0.15) is 6.26 Å². The Kier molecular flexibility index (Phi) is 4.52. The van der Waals surface area contributed by atoms with Crippen LogP contribution in [0, 0.1) is 0 Å². The molecule has 1 N–H and O–H groups in total. The fourth-order valence-electron chi connectivity index (χ4n) is 2.66. The third-order valence-corrected chi connectivity index (χ3v) is 5.15. The predicted molar refractivity (Wildman–Crippen MR) is 85.6 cm³/mol. The van der Waals surface area contributed by atoms with Gasteiger partial charge in [0.15, 0.2) is 9.84 Å². The van der Waals surface area contributed by atoms with E-state index in [1.54, 1.807) is 30.5 Å². The number of aliphatic hydroxyl groups excluding tert-OH is 1. The number of piperidine rings is 1. The molecule has 0 spiro atoms. The van der Waals surface area contributed by atoms with Crippen LogP contribution in [0.2, 0.25) is 0 Å². The summed E-state index contributed by atoms with van der Waals surface area (Å²) in [7, 11) is -3.20. The van der Waals surface area contributed by atoms with E-state index in [4.69, 9.17) is 4.42 Å². The molecule has 2 heterocycles. The molecule has 3 rings (SSSR count). The van der Waals surface area contributed by atoms with Crippen LogP contribution in [-0.2, 0) is 16.4 Å². The quantitative estimate of drug-likeness (QED) is 0.915. The standard InChI is InChI=1S/C16H20N2O4S/c1-23(20,21)15-4-2-12(3-5-15)16-17-13(11-22-16)10-18-8-6-14(19)7-9-18/h2-5,11,14,19H,6-10H2,1H3. The number of hydrogen-bond acceptors (Lipinski definition) is 6. The molecule has 1 aromatic heterocycles. The van der Waals surface area contributed by atoms with Crippen LogP contribution in [0.1, 0.15) is 18.5 Å². The van der Waals surface area contributed by atoms with E-state index in [1.807, 2.05) is 0 Å². The second kappa shape index (κ2) is 6.43. The first-order valence-electron chi connectivity index (χ1n) is 7.57. The van der Waals surface area contributed by atoms with E-state index in [0.29, 0.717) is 12.4 Å². The molecule has 0 unspecified atom stereocenters. The van der Waals surface area contributed by atoms with Crippen molar-refractivity contribution in [3.8, 4) is 11.5 Å². The minimum atomic E-state index is -3.20. The molecule has 2 aromatic rings. The van der Waals surface area contributed by atoms with Crippen molar-refractivity contribution in [1.82, 2.24) is 9.88 Å². The third-order valence-electron chi connectivity index (χ3n) is 4.02. The first-order chi connectivity index (χ1) is 10.9. The molecule has 6 nitrogen and oxygen atoms in total. The van der Waals surface area contributed by atoms with E-state index in [0.717, 1.165) is 37.2 Å². The van der Waals surface area contributed by atoms with E-state index in [1.165, 1.54) is 6.26 Å². The van der Waals surface area contributed by atoms with Crippen LogP contribution in [0.3, 0.4) is 0 Å². The summed E-state index contributed by atoms with van der Waals surface area (Å²) in [4.78, 5) is 6.98. The molecule has 0 atom stereocenters. The second-order valence-corrected chi connectivity index (χ2v) is 7.96. The smallest absolute Gasteiger partial charge is 0.226 e. The highest BCUT2D eigenvalue weighted by Gasteiger charge is 2.18. The maximum atomic E-state index is 11.5. The summed E-state index contributed by atoms with van der Waals surface area (Å²) >= 11 is 0. The molecule has 0 radical (unpaired) electrons. The van der Waals surface area contributed by atoms with Gasteiger partial charge < -0.3 is 9.52 Å². The highest BCUT2D eigenvalue weighted by molar-refractivity contribution is 7.90. The summed E-state index contributed by atoms with van der Waals surface area (Å²) in [5, 5.41) is 9.52. The van der Waals surface area contributed by atoms with Gasteiger partial charge in [-0.15, -0.1) is 0 Å². The second-order valence-electron chi connectivity index (χ2n) is 5.95.